The lowest BCUT2D eigenvalue weighted by molar-refractivity contribution is 0.213. The van der Waals surface area contributed by atoms with E-state index in [-0.39, 0.29) is 6.04 Å². The molecule has 0 amide bonds. The molecule has 0 radical (unpaired) electrons. The van der Waals surface area contributed by atoms with Crippen LogP contribution >= 0.6 is 0 Å². The third-order valence-electron chi connectivity index (χ3n) is 5.88. The molecule has 5 rings (SSSR count). The van der Waals surface area contributed by atoms with Gasteiger partial charge in [0.05, 0.1) is 17.7 Å². The zero-order valence-corrected chi connectivity index (χ0v) is 17.6. The van der Waals surface area contributed by atoms with Crippen molar-refractivity contribution in [2.24, 2.45) is 5.73 Å². The Morgan fingerprint density at radius 2 is 1.91 bits per heavy atom. The lowest BCUT2D eigenvalue weighted by Crippen LogP contribution is -2.29. The zero-order chi connectivity index (χ0) is 21.9. The van der Waals surface area contributed by atoms with Crippen molar-refractivity contribution in [3.8, 4) is 23.2 Å². The number of likely N-dealkylation sites (tertiary alicyclic amines) is 1. The minimum atomic E-state index is 0.109. The van der Waals surface area contributed by atoms with E-state index in [0.717, 1.165) is 47.0 Å². The van der Waals surface area contributed by atoms with E-state index in [4.69, 9.17) is 20.3 Å². The van der Waals surface area contributed by atoms with Crippen LogP contribution in [0, 0.1) is 11.3 Å². The number of fused-ring (bicyclic) bond motifs is 1. The van der Waals surface area contributed by atoms with Gasteiger partial charge in [0.15, 0.2) is 0 Å². The monoisotopic (exact) mass is 425 g/mol. The third kappa shape index (κ3) is 4.06. The summed E-state index contributed by atoms with van der Waals surface area (Å²) < 4.78 is 11.5. The summed E-state index contributed by atoms with van der Waals surface area (Å²) in [5.41, 5.74) is 8.41. The van der Waals surface area contributed by atoms with E-state index in [0.29, 0.717) is 30.6 Å². The molecule has 3 aromatic carbocycles. The summed E-state index contributed by atoms with van der Waals surface area (Å²) in [6.07, 6.45) is 2.08. The molecule has 7 heteroatoms. The molecule has 1 aliphatic rings. The summed E-state index contributed by atoms with van der Waals surface area (Å²) in [4.78, 5) is 6.80. The molecular weight excluding hydrogens is 402 g/mol. The van der Waals surface area contributed by atoms with Crippen molar-refractivity contribution in [2.45, 2.75) is 25.5 Å². The van der Waals surface area contributed by atoms with Gasteiger partial charge in [0.2, 0.25) is 11.7 Å². The number of aromatic nitrogens is 2. The van der Waals surface area contributed by atoms with Gasteiger partial charge in [-0.05, 0) is 59.5 Å². The molecule has 0 bridgehead atoms. The summed E-state index contributed by atoms with van der Waals surface area (Å²) in [5, 5.41) is 15.2. The molecule has 1 aromatic heterocycles. The van der Waals surface area contributed by atoms with Crippen molar-refractivity contribution < 1.29 is 9.26 Å². The van der Waals surface area contributed by atoms with Crippen LogP contribution in [0.25, 0.3) is 22.2 Å². The Hall–Kier alpha value is -3.73. The molecule has 160 valence electrons. The van der Waals surface area contributed by atoms with Crippen LogP contribution in [0.3, 0.4) is 0 Å². The summed E-state index contributed by atoms with van der Waals surface area (Å²) in [6, 6.07) is 21.7. The molecule has 1 fully saturated rings. The van der Waals surface area contributed by atoms with Gasteiger partial charge in [-0.3, -0.25) is 4.90 Å². The van der Waals surface area contributed by atoms with Crippen LogP contribution in [0.15, 0.2) is 65.2 Å². The molecule has 4 aromatic rings. The molecule has 1 atom stereocenters. The molecule has 7 nitrogen and oxygen atoms in total. The highest BCUT2D eigenvalue weighted by Crippen LogP contribution is 2.32. The predicted octanol–water partition coefficient (Wildman–Crippen LogP) is 4.39. The molecule has 0 spiro atoms. The van der Waals surface area contributed by atoms with E-state index < -0.39 is 0 Å². The summed E-state index contributed by atoms with van der Waals surface area (Å²) in [7, 11) is 0. The quantitative estimate of drug-likeness (QED) is 0.489. The molecule has 0 saturated carbocycles. The number of nitrogens with two attached hydrogens (primary N) is 1. The summed E-state index contributed by atoms with van der Waals surface area (Å²) in [6.45, 7) is 1.90. The van der Waals surface area contributed by atoms with E-state index in [1.54, 1.807) is 12.1 Å². The Morgan fingerprint density at radius 1 is 1.09 bits per heavy atom. The van der Waals surface area contributed by atoms with Crippen LogP contribution in [0.5, 0.6) is 5.75 Å². The summed E-state index contributed by atoms with van der Waals surface area (Å²) in [5.74, 6) is 2.01. The maximum atomic E-state index is 8.90. The van der Waals surface area contributed by atoms with Crippen LogP contribution < -0.4 is 10.5 Å². The van der Waals surface area contributed by atoms with Crippen LogP contribution in [0.1, 0.15) is 35.9 Å². The third-order valence-corrected chi connectivity index (χ3v) is 5.88. The van der Waals surface area contributed by atoms with Gasteiger partial charge in [-0.15, -0.1) is 0 Å². The number of benzene rings is 3. The van der Waals surface area contributed by atoms with Gasteiger partial charge in [0.25, 0.3) is 0 Å². The lowest BCUT2D eigenvalue weighted by atomic mass is 10.1. The second-order valence-electron chi connectivity index (χ2n) is 7.93. The van der Waals surface area contributed by atoms with Crippen LogP contribution in [0.2, 0.25) is 0 Å². The highest BCUT2D eigenvalue weighted by Gasteiger charge is 2.29. The molecule has 2 heterocycles. The minimum absolute atomic E-state index is 0.109. The number of nitriles is 1. The standard InChI is InChI=1S/C25H23N5O2/c26-14-17-3-5-18(6-4-17)15-31-22-10-9-19-12-21(8-7-20(19)13-22)24-28-25(32-29-24)23-2-1-11-30(23)16-27/h3-10,12-13,23H,1-2,11,15-16,27H2/t23-/m0/s1. The van der Waals surface area contributed by atoms with Gasteiger partial charge in [-0.2, -0.15) is 10.2 Å². The van der Waals surface area contributed by atoms with Gasteiger partial charge in [-0.1, -0.05) is 35.5 Å². The fourth-order valence-corrected chi connectivity index (χ4v) is 4.11. The van der Waals surface area contributed by atoms with E-state index >= 15 is 0 Å². The van der Waals surface area contributed by atoms with Gasteiger partial charge < -0.3 is 15.0 Å². The van der Waals surface area contributed by atoms with Crippen molar-refractivity contribution in [1.82, 2.24) is 15.0 Å². The second-order valence-corrected chi connectivity index (χ2v) is 7.93. The van der Waals surface area contributed by atoms with Crippen LogP contribution in [-0.4, -0.2) is 28.3 Å². The van der Waals surface area contributed by atoms with Crippen molar-refractivity contribution in [2.75, 3.05) is 13.2 Å². The van der Waals surface area contributed by atoms with Gasteiger partial charge in [0, 0.05) is 18.8 Å². The largest absolute Gasteiger partial charge is 0.489 e. The highest BCUT2D eigenvalue weighted by atomic mass is 16.5. The first-order valence-electron chi connectivity index (χ1n) is 10.7. The number of ether oxygens (including phenoxy) is 1. The molecule has 1 aliphatic heterocycles. The molecule has 0 unspecified atom stereocenters. The second kappa shape index (κ2) is 8.79. The number of rotatable bonds is 6. The Bertz CT molecular complexity index is 1280. The maximum absolute atomic E-state index is 8.90. The van der Waals surface area contributed by atoms with Crippen LogP contribution in [0.4, 0.5) is 0 Å². The fourth-order valence-electron chi connectivity index (χ4n) is 4.11. The Kier molecular flexibility index (Phi) is 5.55. The van der Waals surface area contributed by atoms with Crippen molar-refractivity contribution in [3.63, 3.8) is 0 Å². The average molecular weight is 425 g/mol. The van der Waals surface area contributed by atoms with E-state index in [1.807, 2.05) is 42.5 Å². The molecule has 2 N–H and O–H groups in total. The first-order chi connectivity index (χ1) is 15.7. The van der Waals surface area contributed by atoms with Crippen molar-refractivity contribution >= 4 is 10.8 Å². The smallest absolute Gasteiger partial charge is 0.244 e. The molecule has 1 saturated heterocycles. The summed E-state index contributed by atoms with van der Waals surface area (Å²) >= 11 is 0. The van der Waals surface area contributed by atoms with Crippen molar-refractivity contribution in [3.05, 3.63) is 77.7 Å². The Morgan fingerprint density at radius 3 is 2.72 bits per heavy atom. The topological polar surface area (TPSA) is 101 Å². The first kappa shape index (κ1) is 20.2. The SMILES string of the molecule is N#Cc1ccc(COc2ccc3cc(-c4noc([C@@H]5CCCN5CN)n4)ccc3c2)cc1. The molecule has 32 heavy (non-hydrogen) atoms. The Balaban J connectivity index is 1.31. The highest BCUT2D eigenvalue weighted by molar-refractivity contribution is 5.87. The number of nitrogens with zero attached hydrogens (tertiary/aromatic N) is 4. The van der Waals surface area contributed by atoms with E-state index in [9.17, 15) is 0 Å². The average Bonchev–Trinajstić information content (AvgIpc) is 3.52. The van der Waals surface area contributed by atoms with Crippen molar-refractivity contribution in [1.29, 1.82) is 5.26 Å². The Labute approximate surface area is 186 Å². The predicted molar refractivity (Wildman–Crippen MR) is 120 cm³/mol. The normalized spacial score (nSPS) is 16.3. The van der Waals surface area contributed by atoms with Gasteiger partial charge in [0.1, 0.15) is 12.4 Å². The van der Waals surface area contributed by atoms with Gasteiger partial charge >= 0.3 is 0 Å². The number of hydrogen-bond acceptors (Lipinski definition) is 7. The zero-order valence-electron chi connectivity index (χ0n) is 17.6. The molecular formula is C25H23N5O2. The maximum Gasteiger partial charge on any atom is 0.244 e. The first-order valence-corrected chi connectivity index (χ1v) is 10.7. The van der Waals surface area contributed by atoms with Crippen LogP contribution in [-0.2, 0) is 6.61 Å². The molecule has 0 aliphatic carbocycles. The van der Waals surface area contributed by atoms with E-state index in [1.165, 1.54) is 0 Å². The lowest BCUT2D eigenvalue weighted by Gasteiger charge is -2.18. The van der Waals surface area contributed by atoms with E-state index in [2.05, 4.69) is 27.2 Å². The van der Waals surface area contributed by atoms with Gasteiger partial charge in [-0.25, -0.2) is 0 Å². The minimum Gasteiger partial charge on any atom is -0.489 e. The fraction of sp³-hybridized carbons (Fsp3) is 0.240. The number of hydrogen-bond donors (Lipinski definition) is 1.